The molecule has 1 aromatic rings. The minimum Gasteiger partial charge on any atom is -0.478 e. The van der Waals surface area contributed by atoms with E-state index in [-0.39, 0.29) is 11.5 Å². The molecule has 7 heteroatoms. The lowest BCUT2D eigenvalue weighted by molar-refractivity contribution is -0.127. The largest absolute Gasteiger partial charge is 0.478 e. The third-order valence-corrected chi connectivity index (χ3v) is 5.09. The maximum atomic E-state index is 12.7. The number of carbonyl (C=O) groups excluding carboxylic acids is 1. The fourth-order valence-corrected chi connectivity index (χ4v) is 3.68. The quantitative estimate of drug-likeness (QED) is 0.880. The molecule has 20 heavy (non-hydrogen) atoms. The van der Waals surface area contributed by atoms with Crippen LogP contribution in [0.25, 0.3) is 0 Å². The molecule has 1 aliphatic rings. The van der Waals surface area contributed by atoms with Gasteiger partial charge < -0.3 is 15.7 Å². The number of carboxylic acid groups (broad SMARTS) is 1. The minimum atomic E-state index is -1.06. The van der Waals surface area contributed by atoms with E-state index in [9.17, 15) is 14.7 Å². The summed E-state index contributed by atoms with van der Waals surface area (Å²) in [6.07, 6.45) is 3.52. The number of rotatable bonds is 4. The minimum absolute atomic E-state index is 0.0938. The number of hydrogen-bond donors (Lipinski definition) is 2. The number of nitrogens with two attached hydrogens (primary N) is 1. The van der Waals surface area contributed by atoms with Gasteiger partial charge >= 0.3 is 5.97 Å². The maximum absolute atomic E-state index is 12.7. The van der Waals surface area contributed by atoms with Crippen LogP contribution >= 0.6 is 11.5 Å². The van der Waals surface area contributed by atoms with E-state index in [2.05, 4.69) is 4.37 Å². The van der Waals surface area contributed by atoms with Crippen molar-refractivity contribution < 1.29 is 14.7 Å². The van der Waals surface area contributed by atoms with E-state index in [0.29, 0.717) is 17.2 Å². The Hall–Kier alpha value is -1.47. The van der Waals surface area contributed by atoms with Gasteiger partial charge in [-0.2, -0.15) is 4.37 Å². The number of aromatic carboxylic acids is 1. The number of nitrogens with zero attached hydrogens (tertiary/aromatic N) is 2. The molecule has 0 spiro atoms. The van der Waals surface area contributed by atoms with E-state index in [4.69, 9.17) is 5.73 Å². The van der Waals surface area contributed by atoms with Crippen LogP contribution in [-0.4, -0.2) is 34.9 Å². The molecule has 0 aromatic carbocycles. The van der Waals surface area contributed by atoms with Crippen LogP contribution in [0.5, 0.6) is 0 Å². The molecule has 3 N–H and O–H groups in total. The van der Waals surface area contributed by atoms with Gasteiger partial charge in [-0.1, -0.05) is 12.8 Å². The highest BCUT2D eigenvalue weighted by Gasteiger charge is 2.42. The van der Waals surface area contributed by atoms with Crippen LogP contribution in [0.4, 0.5) is 5.00 Å². The number of aryl methyl sites for hydroxylation is 1. The highest BCUT2D eigenvalue weighted by molar-refractivity contribution is 7.11. The molecule has 0 aliphatic heterocycles. The molecule has 1 aromatic heterocycles. The third kappa shape index (κ3) is 2.31. The van der Waals surface area contributed by atoms with Crippen molar-refractivity contribution in [2.45, 2.75) is 32.6 Å². The monoisotopic (exact) mass is 297 g/mol. The molecular formula is C13H19N3O3S. The van der Waals surface area contributed by atoms with E-state index in [0.717, 1.165) is 37.2 Å². The van der Waals surface area contributed by atoms with Crippen LogP contribution in [0.3, 0.4) is 0 Å². The molecule has 1 saturated carbocycles. The molecule has 0 unspecified atom stereocenters. The molecule has 2 rings (SSSR count). The zero-order valence-electron chi connectivity index (χ0n) is 11.7. The van der Waals surface area contributed by atoms with Crippen LogP contribution in [-0.2, 0) is 4.79 Å². The van der Waals surface area contributed by atoms with Gasteiger partial charge in [0.1, 0.15) is 10.6 Å². The van der Waals surface area contributed by atoms with Crippen molar-refractivity contribution in [3.05, 3.63) is 11.3 Å². The second-order valence-electron chi connectivity index (χ2n) is 5.31. The predicted octanol–water partition coefficient (Wildman–Crippen LogP) is 1.63. The van der Waals surface area contributed by atoms with Gasteiger partial charge in [-0.05, 0) is 31.3 Å². The first-order valence-electron chi connectivity index (χ1n) is 6.61. The number of carbonyl (C=O) groups is 2. The first-order valence-corrected chi connectivity index (χ1v) is 7.38. The lowest BCUT2D eigenvalue weighted by Gasteiger charge is -2.30. The third-order valence-electron chi connectivity index (χ3n) is 4.07. The molecule has 1 aliphatic carbocycles. The van der Waals surface area contributed by atoms with E-state index < -0.39 is 11.4 Å². The van der Waals surface area contributed by atoms with Crippen molar-refractivity contribution in [3.8, 4) is 0 Å². The van der Waals surface area contributed by atoms with Crippen molar-refractivity contribution in [3.63, 3.8) is 0 Å². The molecule has 1 amide bonds. The molecule has 1 heterocycles. The zero-order chi connectivity index (χ0) is 14.9. The Kier molecular flexibility index (Phi) is 4.10. The maximum Gasteiger partial charge on any atom is 0.340 e. The number of amides is 1. The summed E-state index contributed by atoms with van der Waals surface area (Å²) in [4.78, 5) is 25.4. The van der Waals surface area contributed by atoms with Gasteiger partial charge in [0.15, 0.2) is 0 Å². The van der Waals surface area contributed by atoms with E-state index >= 15 is 0 Å². The van der Waals surface area contributed by atoms with Crippen LogP contribution in [0.1, 0.15) is 41.7 Å². The van der Waals surface area contributed by atoms with Crippen LogP contribution in [0.2, 0.25) is 0 Å². The Bertz CT molecular complexity index is 535. The van der Waals surface area contributed by atoms with Crippen LogP contribution in [0.15, 0.2) is 0 Å². The van der Waals surface area contributed by atoms with Gasteiger partial charge in [-0.3, -0.25) is 4.79 Å². The second-order valence-corrected chi connectivity index (χ2v) is 6.06. The molecule has 0 bridgehead atoms. The second kappa shape index (κ2) is 5.49. The van der Waals surface area contributed by atoms with Crippen LogP contribution in [0, 0.1) is 12.3 Å². The normalized spacial score (nSPS) is 17.1. The summed E-state index contributed by atoms with van der Waals surface area (Å²) in [5.41, 5.74) is 5.82. The summed E-state index contributed by atoms with van der Waals surface area (Å²) in [5, 5.41) is 9.65. The Morgan fingerprint density at radius 1 is 1.45 bits per heavy atom. The molecular weight excluding hydrogens is 278 g/mol. The van der Waals surface area contributed by atoms with Gasteiger partial charge in [-0.15, -0.1) is 0 Å². The summed E-state index contributed by atoms with van der Waals surface area (Å²) in [6, 6.07) is 0. The summed E-state index contributed by atoms with van der Waals surface area (Å²) >= 11 is 1.04. The average Bonchev–Trinajstić information content (AvgIpc) is 3.04. The Balaban J connectivity index is 2.34. The Morgan fingerprint density at radius 2 is 2.05 bits per heavy atom. The fourth-order valence-electron chi connectivity index (χ4n) is 2.84. The van der Waals surface area contributed by atoms with Gasteiger partial charge in [0.2, 0.25) is 5.91 Å². The van der Waals surface area contributed by atoms with Crippen molar-refractivity contribution >= 4 is 28.4 Å². The van der Waals surface area contributed by atoms with E-state index in [1.54, 1.807) is 14.0 Å². The van der Waals surface area contributed by atoms with E-state index in [1.807, 2.05) is 0 Å². The molecule has 6 nitrogen and oxygen atoms in total. The number of aromatic nitrogens is 1. The van der Waals surface area contributed by atoms with Gasteiger partial charge in [0, 0.05) is 13.6 Å². The predicted molar refractivity (Wildman–Crippen MR) is 77.2 cm³/mol. The highest BCUT2D eigenvalue weighted by Crippen LogP contribution is 2.40. The SMILES string of the molecule is Cc1nsc(N(C)C(=O)C2(CN)CCCC2)c1C(=O)O. The Morgan fingerprint density at radius 3 is 2.55 bits per heavy atom. The van der Waals surface area contributed by atoms with Gasteiger partial charge in [0.05, 0.1) is 11.1 Å². The first kappa shape index (κ1) is 14.9. The molecule has 0 atom stereocenters. The molecule has 110 valence electrons. The summed E-state index contributed by atoms with van der Waals surface area (Å²) in [6.45, 7) is 1.94. The van der Waals surface area contributed by atoms with Crippen molar-refractivity contribution in [2.24, 2.45) is 11.1 Å². The summed E-state index contributed by atoms with van der Waals surface area (Å²) in [5.74, 6) is -1.15. The van der Waals surface area contributed by atoms with Crippen molar-refractivity contribution in [2.75, 3.05) is 18.5 Å². The standard InChI is InChI=1S/C13H19N3O3S/c1-8-9(11(17)18)10(20-15-8)16(2)12(19)13(7-14)5-3-4-6-13/h3-7,14H2,1-2H3,(H,17,18). The molecule has 0 radical (unpaired) electrons. The highest BCUT2D eigenvalue weighted by atomic mass is 32.1. The lowest BCUT2D eigenvalue weighted by atomic mass is 9.85. The zero-order valence-corrected chi connectivity index (χ0v) is 12.5. The van der Waals surface area contributed by atoms with Crippen molar-refractivity contribution in [1.82, 2.24) is 4.37 Å². The summed E-state index contributed by atoms with van der Waals surface area (Å²) < 4.78 is 4.05. The topological polar surface area (TPSA) is 96.5 Å². The molecule has 0 saturated heterocycles. The van der Waals surface area contributed by atoms with Crippen molar-refractivity contribution in [1.29, 1.82) is 0 Å². The van der Waals surface area contributed by atoms with Gasteiger partial charge in [-0.25, -0.2) is 4.79 Å². The lowest BCUT2D eigenvalue weighted by Crippen LogP contribution is -2.45. The van der Waals surface area contributed by atoms with Crippen LogP contribution < -0.4 is 10.6 Å². The molecule has 1 fully saturated rings. The average molecular weight is 297 g/mol. The smallest absolute Gasteiger partial charge is 0.340 e. The Labute approximate surface area is 121 Å². The van der Waals surface area contributed by atoms with E-state index in [1.165, 1.54) is 4.90 Å². The fraction of sp³-hybridized carbons (Fsp3) is 0.615. The summed E-state index contributed by atoms with van der Waals surface area (Å²) in [7, 11) is 1.61. The number of carboxylic acids is 1. The number of hydrogen-bond acceptors (Lipinski definition) is 5. The first-order chi connectivity index (χ1) is 9.43. The van der Waals surface area contributed by atoms with Gasteiger partial charge in [0.25, 0.3) is 0 Å². The number of anilines is 1.